The van der Waals surface area contributed by atoms with Crippen molar-refractivity contribution in [3.8, 4) is 5.75 Å². The number of hydrogen-bond donors (Lipinski definition) is 3. The number of benzene rings is 2. The highest BCUT2D eigenvalue weighted by atomic mass is 35.5. The Labute approximate surface area is 231 Å². The van der Waals surface area contributed by atoms with Crippen molar-refractivity contribution < 1.29 is 19.1 Å². The molecule has 11 nitrogen and oxygen atoms in total. The fourth-order valence-electron chi connectivity index (χ4n) is 3.37. The summed E-state index contributed by atoms with van der Waals surface area (Å²) < 4.78 is 5.29. The molecule has 2 amide bonds. The lowest BCUT2D eigenvalue weighted by atomic mass is 10.1. The van der Waals surface area contributed by atoms with Gasteiger partial charge in [-0.25, -0.2) is 4.98 Å². The third-order valence-corrected chi connectivity index (χ3v) is 5.77. The molecule has 204 valence electrons. The van der Waals surface area contributed by atoms with E-state index in [1.807, 2.05) is 19.0 Å². The van der Waals surface area contributed by atoms with Crippen molar-refractivity contribution in [2.75, 3.05) is 57.3 Å². The first-order valence-electron chi connectivity index (χ1n) is 11.8. The molecule has 0 aliphatic carbocycles. The van der Waals surface area contributed by atoms with Crippen LogP contribution in [0.15, 0.2) is 61.3 Å². The highest BCUT2D eigenvalue weighted by molar-refractivity contribution is 6.44. The molecule has 0 unspecified atom stereocenters. The molecule has 0 saturated carbocycles. The molecule has 0 aliphatic heterocycles. The van der Waals surface area contributed by atoms with Crippen molar-refractivity contribution in [1.82, 2.24) is 19.8 Å². The lowest BCUT2D eigenvalue weighted by Crippen LogP contribution is -2.37. The fraction of sp³-hybridized carbons (Fsp3) is 0.222. The Balaban J connectivity index is 1.83. The Bertz CT molecular complexity index is 1380. The molecule has 1 heterocycles. The number of carbonyl (C=O) groups is 3. The molecule has 0 atom stereocenters. The maximum Gasteiger partial charge on any atom is 0.294 e. The maximum atomic E-state index is 13.0. The summed E-state index contributed by atoms with van der Waals surface area (Å²) in [5, 5.41) is 8.97. The van der Waals surface area contributed by atoms with E-state index in [2.05, 4.69) is 32.5 Å². The smallest absolute Gasteiger partial charge is 0.294 e. The van der Waals surface area contributed by atoms with Crippen LogP contribution >= 0.6 is 11.6 Å². The number of para-hydroxylation sites is 1. The average molecular weight is 552 g/mol. The molecule has 0 fully saturated rings. The first-order chi connectivity index (χ1) is 18.6. The Morgan fingerprint density at radius 3 is 2.49 bits per heavy atom. The number of methoxy groups -OCH3 is 1. The molecule has 2 aromatic carbocycles. The molecule has 0 aliphatic rings. The monoisotopic (exact) mass is 551 g/mol. The zero-order chi connectivity index (χ0) is 28.5. The number of carbonyl (C=O) groups excluding carboxylic acids is 3. The van der Waals surface area contributed by atoms with E-state index in [0.29, 0.717) is 35.9 Å². The summed E-state index contributed by atoms with van der Waals surface area (Å²) in [5.41, 5.74) is 1.53. The van der Waals surface area contributed by atoms with Crippen LogP contribution < -0.4 is 20.7 Å². The average Bonchev–Trinajstić information content (AvgIpc) is 2.93. The van der Waals surface area contributed by atoms with Crippen LogP contribution in [0.3, 0.4) is 0 Å². The molecule has 0 saturated heterocycles. The fourth-order valence-corrected chi connectivity index (χ4v) is 3.51. The number of rotatable bonds is 12. The maximum absolute atomic E-state index is 13.0. The Hall–Kier alpha value is -4.48. The minimum absolute atomic E-state index is 0.182. The van der Waals surface area contributed by atoms with Crippen LogP contribution in [0.25, 0.3) is 0 Å². The van der Waals surface area contributed by atoms with Gasteiger partial charge in [0.25, 0.3) is 11.7 Å². The van der Waals surface area contributed by atoms with E-state index in [1.165, 1.54) is 18.2 Å². The van der Waals surface area contributed by atoms with Crippen molar-refractivity contribution in [3.05, 3.63) is 71.9 Å². The van der Waals surface area contributed by atoms with Gasteiger partial charge in [-0.05, 0) is 50.5 Å². The van der Waals surface area contributed by atoms with Gasteiger partial charge in [0.15, 0.2) is 5.82 Å². The van der Waals surface area contributed by atoms with E-state index in [0.717, 1.165) is 6.08 Å². The molecular weight excluding hydrogens is 522 g/mol. The van der Waals surface area contributed by atoms with Gasteiger partial charge >= 0.3 is 0 Å². The summed E-state index contributed by atoms with van der Waals surface area (Å²) in [7, 11) is 6.86. The van der Waals surface area contributed by atoms with Crippen LogP contribution in [-0.4, -0.2) is 78.7 Å². The number of nitrogens with one attached hydrogen (secondary N) is 3. The molecule has 0 bridgehead atoms. The SMILES string of the molecule is C=CC(=O)Nc1cc(Nc2ncc(Cl)c(Nc3ccccc3C(=O)C(=O)N(C)CCN(C)C)n2)ccc1OC. The number of anilines is 5. The van der Waals surface area contributed by atoms with Crippen LogP contribution in [0.1, 0.15) is 10.4 Å². The van der Waals surface area contributed by atoms with E-state index in [9.17, 15) is 14.4 Å². The van der Waals surface area contributed by atoms with Crippen LogP contribution in [0, 0.1) is 0 Å². The number of amides is 2. The van der Waals surface area contributed by atoms with E-state index < -0.39 is 17.6 Å². The van der Waals surface area contributed by atoms with Crippen LogP contribution in [-0.2, 0) is 9.59 Å². The summed E-state index contributed by atoms with van der Waals surface area (Å²) in [5.74, 6) is -0.808. The molecule has 39 heavy (non-hydrogen) atoms. The summed E-state index contributed by atoms with van der Waals surface area (Å²) in [6, 6.07) is 11.7. The number of ether oxygens (including phenoxy) is 1. The highest BCUT2D eigenvalue weighted by Crippen LogP contribution is 2.30. The number of aromatic nitrogens is 2. The Kier molecular flexibility index (Phi) is 9.96. The van der Waals surface area contributed by atoms with Crippen molar-refractivity contribution >= 4 is 58.0 Å². The lowest BCUT2D eigenvalue weighted by Gasteiger charge is -2.19. The van der Waals surface area contributed by atoms with Gasteiger partial charge in [0, 0.05) is 25.8 Å². The predicted octanol–water partition coefficient (Wildman–Crippen LogP) is 3.95. The standard InChI is InChI=1S/C27H30ClN7O4/c1-6-23(36)31-21-15-17(11-12-22(21)39-5)30-27-29-16-19(28)25(33-27)32-20-10-8-7-9-18(20)24(37)26(38)35(4)14-13-34(2)3/h6-12,15-16H,1,13-14H2,2-5H3,(H,31,36)(H2,29,30,32,33). The van der Waals surface area contributed by atoms with E-state index in [4.69, 9.17) is 16.3 Å². The second kappa shape index (κ2) is 13.4. The normalized spacial score (nSPS) is 10.5. The minimum Gasteiger partial charge on any atom is -0.495 e. The Morgan fingerprint density at radius 2 is 1.79 bits per heavy atom. The molecule has 1 aromatic heterocycles. The summed E-state index contributed by atoms with van der Waals surface area (Å²) in [6.45, 7) is 4.48. The zero-order valence-corrected chi connectivity index (χ0v) is 22.9. The van der Waals surface area contributed by atoms with Gasteiger partial charge in [-0.2, -0.15) is 4.98 Å². The number of Topliss-reactive ketones (excluding diaryl/α,β-unsaturated/α-hetero) is 1. The molecular formula is C27H30ClN7O4. The number of nitrogens with zero attached hydrogens (tertiary/aromatic N) is 4. The highest BCUT2D eigenvalue weighted by Gasteiger charge is 2.23. The first-order valence-corrected chi connectivity index (χ1v) is 12.2. The van der Waals surface area contributed by atoms with Gasteiger partial charge in [0.1, 0.15) is 10.8 Å². The van der Waals surface area contributed by atoms with Gasteiger partial charge in [0.05, 0.1) is 30.2 Å². The minimum atomic E-state index is -0.657. The number of likely N-dealkylation sites (N-methyl/N-ethyl adjacent to an activating group) is 2. The third kappa shape index (κ3) is 7.76. The third-order valence-electron chi connectivity index (χ3n) is 5.49. The number of hydrogen-bond acceptors (Lipinski definition) is 9. The zero-order valence-electron chi connectivity index (χ0n) is 22.1. The van der Waals surface area contributed by atoms with Crippen molar-refractivity contribution in [2.45, 2.75) is 0 Å². The van der Waals surface area contributed by atoms with E-state index in [1.54, 1.807) is 49.5 Å². The van der Waals surface area contributed by atoms with Crippen LogP contribution in [0.4, 0.5) is 28.8 Å². The van der Waals surface area contributed by atoms with Crippen LogP contribution in [0.2, 0.25) is 5.02 Å². The van der Waals surface area contributed by atoms with Gasteiger partial charge in [-0.1, -0.05) is 30.3 Å². The quantitative estimate of drug-likeness (QED) is 0.174. The second-order valence-corrected chi connectivity index (χ2v) is 9.06. The van der Waals surface area contributed by atoms with Crippen molar-refractivity contribution in [3.63, 3.8) is 0 Å². The van der Waals surface area contributed by atoms with E-state index >= 15 is 0 Å². The Morgan fingerprint density at radius 1 is 1.05 bits per heavy atom. The van der Waals surface area contributed by atoms with Crippen molar-refractivity contribution in [1.29, 1.82) is 0 Å². The van der Waals surface area contributed by atoms with Gasteiger partial charge in [-0.3, -0.25) is 14.4 Å². The number of ketones is 1. The second-order valence-electron chi connectivity index (χ2n) is 8.65. The molecule has 12 heteroatoms. The van der Waals surface area contributed by atoms with Crippen molar-refractivity contribution in [2.24, 2.45) is 0 Å². The molecule has 3 rings (SSSR count). The van der Waals surface area contributed by atoms with E-state index in [-0.39, 0.29) is 22.4 Å². The first kappa shape index (κ1) is 29.1. The number of halogens is 1. The molecule has 0 spiro atoms. The summed E-state index contributed by atoms with van der Waals surface area (Å²) in [6.07, 6.45) is 2.55. The molecule has 3 aromatic rings. The van der Waals surface area contributed by atoms with Gasteiger partial charge in [0.2, 0.25) is 11.9 Å². The molecule has 3 N–H and O–H groups in total. The van der Waals surface area contributed by atoms with Crippen LogP contribution in [0.5, 0.6) is 5.75 Å². The topological polar surface area (TPSA) is 129 Å². The molecule has 0 radical (unpaired) electrons. The summed E-state index contributed by atoms with van der Waals surface area (Å²) in [4.78, 5) is 49.6. The summed E-state index contributed by atoms with van der Waals surface area (Å²) >= 11 is 6.35. The largest absolute Gasteiger partial charge is 0.495 e. The lowest BCUT2D eigenvalue weighted by molar-refractivity contribution is -0.125. The predicted molar refractivity (Wildman–Crippen MR) is 152 cm³/mol. The van der Waals surface area contributed by atoms with Gasteiger partial charge < -0.3 is 30.5 Å². The van der Waals surface area contributed by atoms with Gasteiger partial charge in [-0.15, -0.1) is 0 Å².